The van der Waals surface area contributed by atoms with Crippen molar-refractivity contribution in [2.45, 2.75) is 77.7 Å². The molecule has 0 heterocycles. The average Bonchev–Trinajstić information content (AvgIpc) is 2.76. The Balaban J connectivity index is 1.64. The molecule has 4 rings (SSSR count). The number of ketones is 1. The number of hydrogen-bond donors (Lipinski definition) is 1. The van der Waals surface area contributed by atoms with Crippen LogP contribution in [0.25, 0.3) is 0 Å². The van der Waals surface area contributed by atoms with Gasteiger partial charge in [-0.15, -0.1) is 0 Å². The van der Waals surface area contributed by atoms with Gasteiger partial charge in [0, 0.05) is 11.8 Å². The number of aliphatic hydroxyl groups excluding tert-OH is 1. The van der Waals surface area contributed by atoms with Gasteiger partial charge < -0.3 is 5.11 Å². The van der Waals surface area contributed by atoms with Crippen molar-refractivity contribution in [2.24, 2.45) is 34.5 Å². The number of rotatable bonds is 0. The molecule has 7 atom stereocenters. The Labute approximate surface area is 128 Å². The van der Waals surface area contributed by atoms with E-state index in [4.69, 9.17) is 0 Å². The van der Waals surface area contributed by atoms with Crippen LogP contribution >= 0.6 is 0 Å². The second-order valence-corrected chi connectivity index (χ2v) is 9.00. The summed E-state index contributed by atoms with van der Waals surface area (Å²) in [4.78, 5) is 12.4. The van der Waals surface area contributed by atoms with Crippen LogP contribution in [-0.2, 0) is 4.79 Å². The van der Waals surface area contributed by atoms with Crippen molar-refractivity contribution in [3.8, 4) is 0 Å². The third kappa shape index (κ3) is 1.84. The summed E-state index contributed by atoms with van der Waals surface area (Å²) in [6.45, 7) is 4.78. The molecule has 4 saturated carbocycles. The number of carbonyl (C=O) groups is 1. The average molecular weight is 290 g/mol. The Bertz CT molecular complexity index is 458. The van der Waals surface area contributed by atoms with Gasteiger partial charge in [-0.25, -0.2) is 0 Å². The zero-order valence-electron chi connectivity index (χ0n) is 13.6. The lowest BCUT2D eigenvalue weighted by Crippen LogP contribution is -2.54. The normalized spacial score (nSPS) is 56.5. The number of fused-ring (bicyclic) bond motifs is 5. The molecule has 0 saturated heterocycles. The molecule has 2 heteroatoms. The molecule has 0 amide bonds. The number of Topliss-reactive ketones (excluding diaryl/α,β-unsaturated/α-hetero) is 1. The van der Waals surface area contributed by atoms with E-state index in [1.165, 1.54) is 25.7 Å². The maximum atomic E-state index is 12.4. The van der Waals surface area contributed by atoms with Crippen molar-refractivity contribution in [3.63, 3.8) is 0 Å². The molecule has 0 spiro atoms. The van der Waals surface area contributed by atoms with Crippen LogP contribution < -0.4 is 0 Å². The lowest BCUT2D eigenvalue weighted by atomic mass is 9.45. The standard InChI is InChI=1S/C19H30O2/c1-18-9-7-13(20)11-12(18)3-4-14-15-5-6-17(21)19(15,2)10-8-16(14)18/h12-16,20H,3-11H2,1-2H3/t12-,13+,14-,15-,16-,18-,19+/m1/s1. The van der Waals surface area contributed by atoms with Gasteiger partial charge in [0.2, 0.25) is 0 Å². The van der Waals surface area contributed by atoms with Gasteiger partial charge in [0.05, 0.1) is 6.10 Å². The van der Waals surface area contributed by atoms with Crippen LogP contribution in [0.5, 0.6) is 0 Å². The highest BCUT2D eigenvalue weighted by Crippen LogP contribution is 2.65. The summed E-state index contributed by atoms with van der Waals surface area (Å²) in [5, 5.41) is 10.0. The van der Waals surface area contributed by atoms with E-state index >= 15 is 0 Å². The molecule has 2 nitrogen and oxygen atoms in total. The van der Waals surface area contributed by atoms with Gasteiger partial charge >= 0.3 is 0 Å². The van der Waals surface area contributed by atoms with Crippen LogP contribution in [0.15, 0.2) is 0 Å². The predicted molar refractivity (Wildman–Crippen MR) is 82.7 cm³/mol. The molecule has 0 bridgehead atoms. The van der Waals surface area contributed by atoms with E-state index in [2.05, 4.69) is 13.8 Å². The first-order valence-electron chi connectivity index (χ1n) is 9.16. The fraction of sp³-hybridized carbons (Fsp3) is 0.947. The van der Waals surface area contributed by atoms with Gasteiger partial charge in [-0.05, 0) is 80.5 Å². The minimum Gasteiger partial charge on any atom is -0.393 e. The highest BCUT2D eigenvalue weighted by Gasteiger charge is 2.60. The van der Waals surface area contributed by atoms with Crippen LogP contribution in [0.4, 0.5) is 0 Å². The summed E-state index contributed by atoms with van der Waals surface area (Å²) in [6, 6.07) is 0. The number of carbonyl (C=O) groups excluding carboxylic acids is 1. The van der Waals surface area contributed by atoms with Crippen LogP contribution in [0.3, 0.4) is 0 Å². The molecule has 0 aromatic carbocycles. The molecule has 0 radical (unpaired) electrons. The second kappa shape index (κ2) is 4.57. The van der Waals surface area contributed by atoms with E-state index < -0.39 is 0 Å². The molecule has 4 aliphatic rings. The first-order valence-corrected chi connectivity index (χ1v) is 9.16. The minimum atomic E-state index is -0.0541. The van der Waals surface area contributed by atoms with Crippen LogP contribution in [0.2, 0.25) is 0 Å². The Morgan fingerprint density at radius 1 is 1.00 bits per heavy atom. The van der Waals surface area contributed by atoms with E-state index in [1.807, 2.05) is 0 Å². The van der Waals surface area contributed by atoms with Gasteiger partial charge in [0.25, 0.3) is 0 Å². The summed E-state index contributed by atoms with van der Waals surface area (Å²) in [5.41, 5.74) is 0.452. The molecule has 4 aliphatic carbocycles. The molecule has 0 aliphatic heterocycles. The van der Waals surface area contributed by atoms with Crippen molar-refractivity contribution in [1.82, 2.24) is 0 Å². The Hall–Kier alpha value is -0.370. The zero-order chi connectivity index (χ0) is 14.8. The lowest BCUT2D eigenvalue weighted by molar-refractivity contribution is -0.142. The van der Waals surface area contributed by atoms with Crippen molar-refractivity contribution in [3.05, 3.63) is 0 Å². The summed E-state index contributed by atoms with van der Waals surface area (Å²) < 4.78 is 0. The SMILES string of the molecule is C[C@@]12CC[C@H](O)C[C@H]1CC[C@H]1[C@H]2CC[C@]2(C)C(=O)CC[C@H]12. The first-order chi connectivity index (χ1) is 9.95. The molecule has 21 heavy (non-hydrogen) atoms. The van der Waals surface area contributed by atoms with Crippen molar-refractivity contribution < 1.29 is 9.90 Å². The summed E-state index contributed by atoms with van der Waals surface area (Å²) in [5.74, 6) is 3.54. The summed E-state index contributed by atoms with van der Waals surface area (Å²) in [6.07, 6.45) is 10.1. The van der Waals surface area contributed by atoms with Crippen molar-refractivity contribution in [2.75, 3.05) is 0 Å². The summed E-state index contributed by atoms with van der Waals surface area (Å²) in [7, 11) is 0. The quantitative estimate of drug-likeness (QED) is 0.733. The third-order valence-electron chi connectivity index (χ3n) is 8.35. The summed E-state index contributed by atoms with van der Waals surface area (Å²) >= 11 is 0. The highest BCUT2D eigenvalue weighted by atomic mass is 16.3. The third-order valence-corrected chi connectivity index (χ3v) is 8.35. The van der Waals surface area contributed by atoms with E-state index in [9.17, 15) is 9.90 Å². The maximum Gasteiger partial charge on any atom is 0.139 e. The molecule has 0 aromatic heterocycles. The van der Waals surface area contributed by atoms with E-state index in [1.54, 1.807) is 0 Å². The lowest BCUT2D eigenvalue weighted by Gasteiger charge is -2.60. The van der Waals surface area contributed by atoms with Gasteiger partial charge in [-0.1, -0.05) is 13.8 Å². The topological polar surface area (TPSA) is 37.3 Å². The molecule has 1 N–H and O–H groups in total. The van der Waals surface area contributed by atoms with E-state index in [0.29, 0.717) is 17.1 Å². The molecule has 118 valence electrons. The van der Waals surface area contributed by atoms with Crippen molar-refractivity contribution >= 4 is 5.78 Å². The van der Waals surface area contributed by atoms with Gasteiger partial charge in [0.1, 0.15) is 5.78 Å². The molecule has 0 unspecified atom stereocenters. The molecule has 4 fully saturated rings. The first kappa shape index (κ1) is 14.2. The van der Waals surface area contributed by atoms with E-state index in [-0.39, 0.29) is 11.5 Å². The van der Waals surface area contributed by atoms with Gasteiger partial charge in [-0.2, -0.15) is 0 Å². The minimum absolute atomic E-state index is 0.0124. The monoisotopic (exact) mass is 290 g/mol. The fourth-order valence-corrected chi connectivity index (χ4v) is 7.01. The second-order valence-electron chi connectivity index (χ2n) is 9.00. The molecular weight excluding hydrogens is 260 g/mol. The largest absolute Gasteiger partial charge is 0.393 e. The smallest absolute Gasteiger partial charge is 0.139 e. The van der Waals surface area contributed by atoms with Crippen LogP contribution in [0.1, 0.15) is 71.6 Å². The predicted octanol–water partition coefficient (Wildman–Crippen LogP) is 3.96. The Morgan fingerprint density at radius 2 is 1.81 bits per heavy atom. The van der Waals surface area contributed by atoms with Crippen LogP contribution in [-0.4, -0.2) is 17.0 Å². The Kier molecular flexibility index (Phi) is 3.10. The Morgan fingerprint density at radius 3 is 2.62 bits per heavy atom. The number of aliphatic hydroxyl groups is 1. The maximum absolute atomic E-state index is 12.4. The van der Waals surface area contributed by atoms with E-state index in [0.717, 1.165) is 49.9 Å². The highest BCUT2D eigenvalue weighted by molar-refractivity contribution is 5.87. The fourth-order valence-electron chi connectivity index (χ4n) is 7.01. The van der Waals surface area contributed by atoms with Crippen molar-refractivity contribution in [1.29, 1.82) is 0 Å². The molecular formula is C19H30O2. The van der Waals surface area contributed by atoms with Crippen LogP contribution in [0, 0.1) is 34.5 Å². The molecule has 0 aromatic rings. The van der Waals surface area contributed by atoms with Gasteiger partial charge in [0.15, 0.2) is 0 Å². The van der Waals surface area contributed by atoms with Gasteiger partial charge in [-0.3, -0.25) is 4.79 Å². The zero-order valence-corrected chi connectivity index (χ0v) is 13.6. The number of hydrogen-bond acceptors (Lipinski definition) is 2.